The predicted molar refractivity (Wildman–Crippen MR) is 95.4 cm³/mol. The van der Waals surface area contributed by atoms with E-state index in [9.17, 15) is 4.79 Å². The van der Waals surface area contributed by atoms with Gasteiger partial charge in [-0.2, -0.15) is 0 Å². The van der Waals surface area contributed by atoms with Crippen molar-refractivity contribution in [2.45, 2.75) is 26.2 Å². The van der Waals surface area contributed by atoms with Crippen LogP contribution in [0.15, 0.2) is 24.3 Å². The van der Waals surface area contributed by atoms with E-state index in [1.54, 1.807) is 0 Å². The van der Waals surface area contributed by atoms with Gasteiger partial charge < -0.3 is 20.9 Å². The van der Waals surface area contributed by atoms with Crippen molar-refractivity contribution in [3.63, 3.8) is 0 Å². The molecule has 23 heavy (non-hydrogen) atoms. The van der Waals surface area contributed by atoms with Gasteiger partial charge >= 0.3 is 0 Å². The third-order valence-corrected chi connectivity index (χ3v) is 4.56. The van der Waals surface area contributed by atoms with Crippen LogP contribution in [0.3, 0.4) is 0 Å². The lowest BCUT2D eigenvalue weighted by Crippen LogP contribution is -2.46. The third kappa shape index (κ3) is 6.20. The lowest BCUT2D eigenvalue weighted by Gasteiger charge is -2.33. The minimum Gasteiger partial charge on any atom is -0.399 e. The number of amides is 1. The summed E-state index contributed by atoms with van der Waals surface area (Å²) in [7, 11) is 0. The Labute approximate surface area is 139 Å². The Morgan fingerprint density at radius 3 is 2.57 bits per heavy atom. The Morgan fingerprint density at radius 1 is 1.17 bits per heavy atom. The summed E-state index contributed by atoms with van der Waals surface area (Å²) in [5, 5.41) is 3.02. The fraction of sp³-hybridized carbons (Fsp3) is 0.611. The van der Waals surface area contributed by atoms with E-state index in [0.29, 0.717) is 12.8 Å². The molecule has 1 aliphatic heterocycles. The highest BCUT2D eigenvalue weighted by molar-refractivity contribution is 5.76. The van der Waals surface area contributed by atoms with Gasteiger partial charge in [-0.3, -0.25) is 4.79 Å². The number of piperazine rings is 1. The number of benzene rings is 1. The number of anilines is 1. The summed E-state index contributed by atoms with van der Waals surface area (Å²) in [5.74, 6) is 0.115. The van der Waals surface area contributed by atoms with E-state index in [1.807, 2.05) is 24.3 Å². The van der Waals surface area contributed by atoms with E-state index in [2.05, 4.69) is 22.0 Å². The Kier molecular flexibility index (Phi) is 7.36. The summed E-state index contributed by atoms with van der Waals surface area (Å²) in [6, 6.07) is 7.74. The van der Waals surface area contributed by atoms with Crippen LogP contribution in [0.5, 0.6) is 0 Å². The molecule has 2 rings (SSSR count). The van der Waals surface area contributed by atoms with Crippen molar-refractivity contribution in [2.24, 2.45) is 0 Å². The Bertz CT molecular complexity index is 484. The van der Waals surface area contributed by atoms with Crippen LogP contribution in [0, 0.1) is 0 Å². The molecular formula is C18H30N4O. The number of nitrogens with two attached hydrogens (primary N) is 1. The second kappa shape index (κ2) is 9.53. The van der Waals surface area contributed by atoms with E-state index in [1.165, 1.54) is 13.1 Å². The first kappa shape index (κ1) is 17.8. The van der Waals surface area contributed by atoms with Crippen LogP contribution in [-0.2, 0) is 11.2 Å². The number of hydrogen-bond donors (Lipinski definition) is 2. The largest absolute Gasteiger partial charge is 0.399 e. The van der Waals surface area contributed by atoms with Gasteiger partial charge in [0.05, 0.1) is 0 Å². The molecule has 1 aromatic carbocycles. The molecule has 0 radical (unpaired) electrons. The number of nitrogens with one attached hydrogen (secondary N) is 1. The van der Waals surface area contributed by atoms with Crippen molar-refractivity contribution >= 4 is 11.6 Å². The number of nitrogen functional groups attached to an aromatic ring is 1. The second-order valence-electron chi connectivity index (χ2n) is 6.18. The molecular weight excluding hydrogens is 288 g/mol. The number of carbonyl (C=O) groups is 1. The maximum Gasteiger partial charge on any atom is 0.220 e. The van der Waals surface area contributed by atoms with Crippen LogP contribution >= 0.6 is 0 Å². The number of carbonyl (C=O) groups excluding carboxylic acids is 1. The maximum atomic E-state index is 11.9. The van der Waals surface area contributed by atoms with Crippen LogP contribution < -0.4 is 11.1 Å². The second-order valence-corrected chi connectivity index (χ2v) is 6.18. The fourth-order valence-electron chi connectivity index (χ4n) is 2.96. The molecule has 128 valence electrons. The van der Waals surface area contributed by atoms with Gasteiger partial charge in [0, 0.05) is 44.8 Å². The molecule has 0 bridgehead atoms. The van der Waals surface area contributed by atoms with E-state index < -0.39 is 0 Å². The number of nitrogens with zero attached hydrogens (tertiary/aromatic N) is 2. The number of hydrogen-bond acceptors (Lipinski definition) is 4. The first-order valence-corrected chi connectivity index (χ1v) is 8.74. The van der Waals surface area contributed by atoms with Gasteiger partial charge in [0.1, 0.15) is 0 Å². The SMILES string of the molecule is CCN1CCN(CCCNC(=O)CCc2ccccc2N)CC1. The standard InChI is InChI=1S/C18H30N4O/c1-2-21-12-14-22(15-13-21)11-5-10-20-18(23)9-8-16-6-3-4-7-17(16)19/h3-4,6-7H,2,5,8-15,19H2,1H3,(H,20,23). The summed E-state index contributed by atoms with van der Waals surface area (Å²) in [5.41, 5.74) is 7.71. The van der Waals surface area contributed by atoms with E-state index in [0.717, 1.165) is 50.4 Å². The van der Waals surface area contributed by atoms with Crippen LogP contribution in [0.4, 0.5) is 5.69 Å². The lowest BCUT2D eigenvalue weighted by molar-refractivity contribution is -0.121. The molecule has 3 N–H and O–H groups in total. The van der Waals surface area contributed by atoms with Crippen molar-refractivity contribution in [2.75, 3.05) is 51.5 Å². The Balaban J connectivity index is 1.54. The van der Waals surface area contributed by atoms with Crippen LogP contribution in [0.25, 0.3) is 0 Å². The van der Waals surface area contributed by atoms with Gasteiger partial charge in [-0.25, -0.2) is 0 Å². The molecule has 0 spiro atoms. The van der Waals surface area contributed by atoms with Crippen molar-refractivity contribution < 1.29 is 4.79 Å². The zero-order chi connectivity index (χ0) is 16.5. The Morgan fingerprint density at radius 2 is 1.87 bits per heavy atom. The lowest BCUT2D eigenvalue weighted by atomic mass is 10.1. The zero-order valence-corrected chi connectivity index (χ0v) is 14.3. The van der Waals surface area contributed by atoms with Gasteiger partial charge in [-0.15, -0.1) is 0 Å². The fourth-order valence-corrected chi connectivity index (χ4v) is 2.96. The molecule has 1 fully saturated rings. The van der Waals surface area contributed by atoms with Crippen molar-refractivity contribution in [1.82, 2.24) is 15.1 Å². The molecule has 5 heteroatoms. The van der Waals surface area contributed by atoms with E-state index in [4.69, 9.17) is 5.73 Å². The summed E-state index contributed by atoms with van der Waals surface area (Å²) < 4.78 is 0. The first-order chi connectivity index (χ1) is 11.2. The van der Waals surface area contributed by atoms with Crippen molar-refractivity contribution in [3.05, 3.63) is 29.8 Å². The van der Waals surface area contributed by atoms with Gasteiger partial charge in [-0.1, -0.05) is 25.1 Å². The third-order valence-electron chi connectivity index (χ3n) is 4.56. The molecule has 1 amide bonds. The van der Waals surface area contributed by atoms with Crippen LogP contribution in [0.1, 0.15) is 25.3 Å². The average Bonchev–Trinajstić information content (AvgIpc) is 2.58. The predicted octanol–water partition coefficient (Wildman–Crippen LogP) is 1.35. The van der Waals surface area contributed by atoms with E-state index >= 15 is 0 Å². The summed E-state index contributed by atoms with van der Waals surface area (Å²) >= 11 is 0. The monoisotopic (exact) mass is 318 g/mol. The average molecular weight is 318 g/mol. The quantitative estimate of drug-likeness (QED) is 0.561. The van der Waals surface area contributed by atoms with Gasteiger partial charge in [0.25, 0.3) is 0 Å². The highest BCUT2D eigenvalue weighted by Crippen LogP contribution is 2.12. The van der Waals surface area contributed by atoms with Crippen molar-refractivity contribution in [1.29, 1.82) is 0 Å². The summed E-state index contributed by atoms with van der Waals surface area (Å²) in [4.78, 5) is 16.9. The van der Waals surface area contributed by atoms with Gasteiger partial charge in [0.15, 0.2) is 0 Å². The van der Waals surface area contributed by atoms with Crippen LogP contribution in [0.2, 0.25) is 0 Å². The number of likely N-dealkylation sites (N-methyl/N-ethyl adjacent to an activating group) is 1. The maximum absolute atomic E-state index is 11.9. The summed E-state index contributed by atoms with van der Waals surface area (Å²) in [6.45, 7) is 9.83. The molecule has 5 nitrogen and oxygen atoms in total. The minimum atomic E-state index is 0.115. The number of rotatable bonds is 8. The number of para-hydroxylation sites is 1. The molecule has 0 atom stereocenters. The Hall–Kier alpha value is -1.59. The molecule has 0 aliphatic carbocycles. The molecule has 0 aromatic heterocycles. The van der Waals surface area contributed by atoms with Crippen molar-refractivity contribution in [3.8, 4) is 0 Å². The minimum absolute atomic E-state index is 0.115. The molecule has 1 saturated heterocycles. The first-order valence-electron chi connectivity index (χ1n) is 8.74. The summed E-state index contributed by atoms with van der Waals surface area (Å²) in [6.07, 6.45) is 2.23. The van der Waals surface area contributed by atoms with Crippen LogP contribution in [-0.4, -0.2) is 61.5 Å². The molecule has 1 heterocycles. The molecule has 1 aromatic rings. The molecule has 0 saturated carbocycles. The highest BCUT2D eigenvalue weighted by Gasteiger charge is 2.14. The van der Waals surface area contributed by atoms with Gasteiger partial charge in [0.2, 0.25) is 5.91 Å². The smallest absolute Gasteiger partial charge is 0.220 e. The molecule has 1 aliphatic rings. The number of aryl methyl sites for hydroxylation is 1. The molecule has 0 unspecified atom stereocenters. The normalized spacial score (nSPS) is 16.4. The topological polar surface area (TPSA) is 61.6 Å². The highest BCUT2D eigenvalue weighted by atomic mass is 16.1. The van der Waals surface area contributed by atoms with E-state index in [-0.39, 0.29) is 5.91 Å². The van der Waals surface area contributed by atoms with Gasteiger partial charge in [-0.05, 0) is 37.6 Å². The zero-order valence-electron chi connectivity index (χ0n) is 14.3.